The summed E-state index contributed by atoms with van der Waals surface area (Å²) >= 11 is 0. The van der Waals surface area contributed by atoms with E-state index in [4.69, 9.17) is 0 Å². The summed E-state index contributed by atoms with van der Waals surface area (Å²) < 4.78 is 0. The van der Waals surface area contributed by atoms with Gasteiger partial charge in [-0.25, -0.2) is 0 Å². The van der Waals surface area contributed by atoms with Crippen molar-refractivity contribution in [3.05, 3.63) is 35.9 Å². The molecule has 0 spiro atoms. The molecule has 3 N–H and O–H groups in total. The first-order chi connectivity index (χ1) is 37.3. The van der Waals surface area contributed by atoms with Gasteiger partial charge >= 0.3 is 0 Å². The van der Waals surface area contributed by atoms with E-state index in [0.717, 1.165) is 50.6 Å². The molecule has 2 heterocycles. The van der Waals surface area contributed by atoms with E-state index in [0.29, 0.717) is 38.6 Å². The number of carbonyl (C=O) groups is 10. The highest BCUT2D eigenvalue weighted by molar-refractivity contribution is 5.98. The molecule has 8 atom stereocenters. The van der Waals surface area contributed by atoms with Crippen LogP contribution in [0.15, 0.2) is 30.3 Å². The van der Waals surface area contributed by atoms with E-state index < -0.39 is 65.7 Å². The summed E-state index contributed by atoms with van der Waals surface area (Å²) in [5.41, 5.74) is 0.823. The first kappa shape index (κ1) is 66.0. The number of nitrogens with zero attached hydrogens (tertiary/aromatic N) is 5. The highest BCUT2D eigenvalue weighted by atomic mass is 16.2. The fourth-order valence-electron chi connectivity index (χ4n) is 11.7. The van der Waals surface area contributed by atoms with Gasteiger partial charge in [0.2, 0.25) is 41.4 Å². The molecule has 1 saturated carbocycles. The van der Waals surface area contributed by atoms with Crippen molar-refractivity contribution in [3.8, 4) is 0 Å². The number of Topliss-reactive ketones (excluding diaryl/α,β-unsaturated/α-hetero) is 3. The molecule has 0 aromatic heterocycles. The zero-order valence-corrected chi connectivity index (χ0v) is 50.0. The molecule has 0 unspecified atom stereocenters. The average molecular weight is 1100 g/mol. The average Bonchev–Trinajstić information content (AvgIpc) is 4.16. The number of benzene rings is 1. The molecular formula is C61H98N8O10. The van der Waals surface area contributed by atoms with E-state index in [2.05, 4.69) is 16.0 Å². The van der Waals surface area contributed by atoms with Crippen LogP contribution in [-0.4, -0.2) is 173 Å². The largest absolute Gasteiger partial charge is 0.345 e. The van der Waals surface area contributed by atoms with Gasteiger partial charge < -0.3 is 40.4 Å². The molecule has 2 aliphatic heterocycles. The molecule has 7 amide bonds. The number of carbonyl (C=O) groups excluding carboxylic acids is 10. The standard InChI is InChI=1S/C61H98N8O10/c1-13-67(38-55(73)64-50(44(10)70)30-39(2)3)58(76)43(9)63-56(74)53(32-41(6)7)66(12)61(79)51-27-21-29-69(51)59(77)47(34-45-22-16-14-17-23-45)35-48(71)37-68(36-46-24-18-15-19-25-46)57(75)42(8)33-54(72)52(31-40(4)5)65(11)60(78)49-26-20-28-62-49/h14,16-17,22-23,39-43,46-47,49-53,62H,13,15,18-21,24-38H2,1-12H3,(H,63,74)(H,64,73)/t42-,43+,47-,49-,50+,51-,52+,53+/m1/s1. The van der Waals surface area contributed by atoms with Crippen LogP contribution in [-0.2, 0) is 54.4 Å². The van der Waals surface area contributed by atoms with Crippen LogP contribution in [0.1, 0.15) is 165 Å². The summed E-state index contributed by atoms with van der Waals surface area (Å²) in [6.07, 6.45) is 8.47. The Hall–Kier alpha value is -5.52. The second-order valence-corrected chi connectivity index (χ2v) is 24.4. The topological polar surface area (TPSA) is 223 Å². The molecular weight excluding hydrogens is 1000 g/mol. The molecule has 3 aliphatic rings. The Kier molecular flexibility index (Phi) is 26.8. The van der Waals surface area contributed by atoms with Gasteiger partial charge in [-0.1, -0.05) is 98.1 Å². The lowest BCUT2D eigenvalue weighted by Gasteiger charge is -2.35. The number of ketones is 3. The number of likely N-dealkylation sites (tertiary alicyclic amines) is 1. The lowest BCUT2D eigenvalue weighted by molar-refractivity contribution is -0.150. The van der Waals surface area contributed by atoms with Gasteiger partial charge in [0.25, 0.3) is 0 Å². The molecule has 79 heavy (non-hydrogen) atoms. The number of hydrogen-bond acceptors (Lipinski definition) is 11. The van der Waals surface area contributed by atoms with Crippen LogP contribution in [0, 0.1) is 35.5 Å². The van der Waals surface area contributed by atoms with Crippen LogP contribution in [0.2, 0.25) is 0 Å². The molecule has 18 nitrogen and oxygen atoms in total. The Balaban J connectivity index is 1.52. The molecule has 1 aromatic rings. The molecule has 2 saturated heterocycles. The summed E-state index contributed by atoms with van der Waals surface area (Å²) in [5.74, 6) is -4.77. The second-order valence-electron chi connectivity index (χ2n) is 24.4. The van der Waals surface area contributed by atoms with Crippen molar-refractivity contribution in [1.29, 1.82) is 0 Å². The Bertz CT molecular complexity index is 2230. The Morgan fingerprint density at radius 2 is 1.29 bits per heavy atom. The minimum atomic E-state index is -1.07. The normalized spacial score (nSPS) is 19.0. The van der Waals surface area contributed by atoms with Crippen molar-refractivity contribution in [3.63, 3.8) is 0 Å². The fraction of sp³-hybridized carbons (Fsp3) is 0.738. The molecule has 442 valence electrons. The van der Waals surface area contributed by atoms with Crippen molar-refractivity contribution in [2.24, 2.45) is 35.5 Å². The first-order valence-electron chi connectivity index (χ1n) is 29.7. The Morgan fingerprint density at radius 3 is 1.87 bits per heavy atom. The van der Waals surface area contributed by atoms with Crippen molar-refractivity contribution >= 4 is 58.7 Å². The second kappa shape index (κ2) is 32.1. The van der Waals surface area contributed by atoms with Crippen molar-refractivity contribution < 1.29 is 47.9 Å². The van der Waals surface area contributed by atoms with Crippen molar-refractivity contribution in [1.82, 2.24) is 40.4 Å². The quantitative estimate of drug-likeness (QED) is 0.0810. The van der Waals surface area contributed by atoms with E-state index in [1.165, 1.54) is 35.6 Å². The van der Waals surface area contributed by atoms with Gasteiger partial charge in [-0.2, -0.15) is 0 Å². The first-order valence-corrected chi connectivity index (χ1v) is 29.7. The van der Waals surface area contributed by atoms with Crippen LogP contribution in [0.4, 0.5) is 0 Å². The molecule has 1 aliphatic carbocycles. The van der Waals surface area contributed by atoms with Gasteiger partial charge in [0.05, 0.1) is 31.2 Å². The predicted molar refractivity (Wildman–Crippen MR) is 305 cm³/mol. The predicted octanol–water partition coefficient (Wildman–Crippen LogP) is 5.77. The van der Waals surface area contributed by atoms with E-state index in [1.54, 1.807) is 30.7 Å². The molecule has 3 fully saturated rings. The summed E-state index contributed by atoms with van der Waals surface area (Å²) in [6.45, 7) is 19.1. The van der Waals surface area contributed by atoms with Gasteiger partial charge in [0.15, 0.2) is 17.3 Å². The van der Waals surface area contributed by atoms with Gasteiger partial charge in [-0.05, 0) is 121 Å². The summed E-state index contributed by atoms with van der Waals surface area (Å²) in [5, 5.41) is 8.77. The number of amides is 7. The third-order valence-corrected chi connectivity index (χ3v) is 16.1. The summed E-state index contributed by atoms with van der Waals surface area (Å²) in [6, 6.07) is 4.62. The maximum atomic E-state index is 15.0. The lowest BCUT2D eigenvalue weighted by Crippen LogP contribution is -2.57. The Morgan fingerprint density at radius 1 is 0.671 bits per heavy atom. The zero-order chi connectivity index (χ0) is 58.7. The number of likely N-dealkylation sites (N-methyl/N-ethyl adjacent to an activating group) is 3. The highest BCUT2D eigenvalue weighted by Gasteiger charge is 2.43. The van der Waals surface area contributed by atoms with Crippen molar-refractivity contribution in [2.75, 3.05) is 53.4 Å². The third kappa shape index (κ3) is 20.2. The van der Waals surface area contributed by atoms with Crippen LogP contribution < -0.4 is 16.0 Å². The van der Waals surface area contributed by atoms with Crippen LogP contribution in [0.5, 0.6) is 0 Å². The number of rotatable bonds is 31. The van der Waals surface area contributed by atoms with E-state index in [1.807, 2.05) is 71.9 Å². The monoisotopic (exact) mass is 1100 g/mol. The molecule has 0 radical (unpaired) electrons. The maximum Gasteiger partial charge on any atom is 0.245 e. The molecule has 1 aromatic carbocycles. The SMILES string of the molecule is CCN(CC(=O)N[C@@H](CC(C)C)C(C)=O)C(=O)[C@H](C)NC(=O)[C@H](CC(C)C)N(C)C(=O)[C@H]1CCCN1C(=O)[C@@H](CC(=O)CN(CC1CCCCC1)C(=O)[C@H](C)CC(=O)[C@H](CC(C)C)N(C)C(=O)[C@H]1CCCN1)Cc1ccccc1. The van der Waals surface area contributed by atoms with Crippen LogP contribution in [0.3, 0.4) is 0 Å². The van der Waals surface area contributed by atoms with Gasteiger partial charge in [-0.3, -0.25) is 47.9 Å². The zero-order valence-electron chi connectivity index (χ0n) is 50.0. The summed E-state index contributed by atoms with van der Waals surface area (Å²) in [4.78, 5) is 147. The van der Waals surface area contributed by atoms with Crippen LogP contribution in [0.25, 0.3) is 0 Å². The van der Waals surface area contributed by atoms with Gasteiger partial charge in [0.1, 0.15) is 18.1 Å². The van der Waals surface area contributed by atoms with E-state index in [-0.39, 0.29) is 117 Å². The molecule has 18 heteroatoms. The van der Waals surface area contributed by atoms with Crippen molar-refractivity contribution in [2.45, 2.75) is 202 Å². The minimum Gasteiger partial charge on any atom is -0.345 e. The number of hydrogen-bond donors (Lipinski definition) is 3. The van der Waals surface area contributed by atoms with E-state index in [9.17, 15) is 43.2 Å². The van der Waals surface area contributed by atoms with Gasteiger partial charge in [0, 0.05) is 58.4 Å². The smallest absolute Gasteiger partial charge is 0.245 e. The Labute approximate surface area is 472 Å². The van der Waals surface area contributed by atoms with Gasteiger partial charge in [-0.15, -0.1) is 0 Å². The molecule has 0 bridgehead atoms. The number of nitrogens with one attached hydrogen (secondary N) is 3. The molecule has 4 rings (SSSR count). The maximum absolute atomic E-state index is 15.0. The fourth-order valence-corrected chi connectivity index (χ4v) is 11.7. The van der Waals surface area contributed by atoms with Crippen LogP contribution >= 0.6 is 0 Å². The minimum absolute atomic E-state index is 0.0540. The lowest BCUT2D eigenvalue weighted by atomic mass is 9.88. The highest BCUT2D eigenvalue weighted by Crippen LogP contribution is 2.29. The van der Waals surface area contributed by atoms with E-state index >= 15 is 4.79 Å². The third-order valence-electron chi connectivity index (χ3n) is 16.1. The summed E-state index contributed by atoms with van der Waals surface area (Å²) in [7, 11) is 3.20.